The normalized spacial score (nSPS) is 18.0. The zero-order valence-corrected chi connectivity index (χ0v) is 14.2. The second kappa shape index (κ2) is 7.88. The van der Waals surface area contributed by atoms with E-state index in [1.165, 1.54) is 5.56 Å². The summed E-state index contributed by atoms with van der Waals surface area (Å²) >= 11 is 1.77. The molecule has 1 aromatic carbocycles. The van der Waals surface area contributed by atoms with Crippen molar-refractivity contribution in [3.8, 4) is 0 Å². The van der Waals surface area contributed by atoms with Gasteiger partial charge in [0.1, 0.15) is 0 Å². The molecule has 1 aliphatic rings. The number of nitrogens with zero attached hydrogens (tertiary/aromatic N) is 1. The maximum absolute atomic E-state index is 12.4. The Kier molecular flexibility index (Phi) is 6.16. The Morgan fingerprint density at radius 3 is 2.38 bits per heavy atom. The number of benzene rings is 1. The van der Waals surface area contributed by atoms with Crippen LogP contribution < -0.4 is 0 Å². The van der Waals surface area contributed by atoms with E-state index in [4.69, 9.17) is 0 Å². The van der Waals surface area contributed by atoms with Gasteiger partial charge in [0, 0.05) is 13.1 Å². The molecule has 1 aliphatic heterocycles. The van der Waals surface area contributed by atoms with Crippen molar-refractivity contribution in [2.75, 3.05) is 13.1 Å². The van der Waals surface area contributed by atoms with Gasteiger partial charge in [0.15, 0.2) is 0 Å². The van der Waals surface area contributed by atoms with Gasteiger partial charge >= 0.3 is 0 Å². The van der Waals surface area contributed by atoms with Crippen LogP contribution in [0.5, 0.6) is 0 Å². The van der Waals surface area contributed by atoms with Crippen molar-refractivity contribution in [1.82, 2.24) is 4.90 Å². The third kappa shape index (κ3) is 5.06. The zero-order chi connectivity index (χ0) is 15.2. The van der Waals surface area contributed by atoms with Crippen molar-refractivity contribution in [2.24, 2.45) is 5.92 Å². The lowest BCUT2D eigenvalue weighted by molar-refractivity contribution is -0.131. The fourth-order valence-corrected chi connectivity index (χ4v) is 4.11. The van der Waals surface area contributed by atoms with Gasteiger partial charge in [0.05, 0.1) is 5.25 Å². The molecule has 0 bridgehead atoms. The number of amides is 1. The molecule has 1 fully saturated rings. The van der Waals surface area contributed by atoms with E-state index in [-0.39, 0.29) is 5.25 Å². The minimum atomic E-state index is 0.0932. The molecular formula is C18H27NOS. The van der Waals surface area contributed by atoms with Crippen molar-refractivity contribution < 1.29 is 4.79 Å². The summed E-state index contributed by atoms with van der Waals surface area (Å²) in [6, 6.07) is 10.7. The van der Waals surface area contributed by atoms with E-state index in [2.05, 4.69) is 49.1 Å². The molecule has 1 saturated heterocycles. The van der Waals surface area contributed by atoms with Crippen LogP contribution in [0.1, 0.15) is 39.2 Å². The number of piperidine rings is 1. The van der Waals surface area contributed by atoms with E-state index in [1.54, 1.807) is 11.8 Å². The Morgan fingerprint density at radius 1 is 1.19 bits per heavy atom. The molecule has 0 N–H and O–H groups in total. The second-order valence-corrected chi connectivity index (χ2v) is 8.21. The molecule has 0 radical (unpaired) electrons. The average molecular weight is 305 g/mol. The van der Waals surface area contributed by atoms with E-state index in [0.717, 1.165) is 38.3 Å². The quantitative estimate of drug-likeness (QED) is 0.819. The lowest BCUT2D eigenvalue weighted by atomic mass is 9.90. The largest absolute Gasteiger partial charge is 0.342 e. The first-order chi connectivity index (χ1) is 10.1. The molecule has 1 aromatic rings. The van der Waals surface area contributed by atoms with Crippen molar-refractivity contribution in [3.05, 3.63) is 35.9 Å². The highest BCUT2D eigenvalue weighted by molar-refractivity contribution is 8.01. The molecule has 0 aromatic heterocycles. The van der Waals surface area contributed by atoms with E-state index in [9.17, 15) is 4.79 Å². The van der Waals surface area contributed by atoms with Gasteiger partial charge in [-0.25, -0.2) is 0 Å². The highest BCUT2D eigenvalue weighted by atomic mass is 32.2. The first-order valence-corrected chi connectivity index (χ1v) is 8.98. The van der Waals surface area contributed by atoms with E-state index in [0.29, 0.717) is 11.2 Å². The van der Waals surface area contributed by atoms with Gasteiger partial charge in [-0.3, -0.25) is 4.79 Å². The second-order valence-electron chi connectivity index (χ2n) is 6.29. The third-order valence-corrected chi connectivity index (χ3v) is 5.27. The molecule has 1 atom stereocenters. The molecule has 2 nitrogen and oxygen atoms in total. The molecule has 0 spiro atoms. The van der Waals surface area contributed by atoms with Crippen LogP contribution in [-0.2, 0) is 11.2 Å². The van der Waals surface area contributed by atoms with E-state index in [1.807, 2.05) is 6.92 Å². The fourth-order valence-electron chi connectivity index (χ4n) is 3.03. The molecule has 2 rings (SSSR count). The summed E-state index contributed by atoms with van der Waals surface area (Å²) in [7, 11) is 0. The lowest BCUT2D eigenvalue weighted by Crippen LogP contribution is -2.42. The maximum atomic E-state index is 12.4. The van der Waals surface area contributed by atoms with Gasteiger partial charge in [0.25, 0.3) is 0 Å². The summed E-state index contributed by atoms with van der Waals surface area (Å²) in [6.45, 7) is 8.21. The van der Waals surface area contributed by atoms with Crippen LogP contribution in [0.3, 0.4) is 0 Å². The number of carbonyl (C=O) groups is 1. The predicted molar refractivity (Wildman–Crippen MR) is 91.6 cm³/mol. The Hall–Kier alpha value is -0.960. The van der Waals surface area contributed by atoms with Crippen molar-refractivity contribution in [2.45, 2.75) is 50.5 Å². The van der Waals surface area contributed by atoms with E-state index < -0.39 is 0 Å². The number of hydrogen-bond acceptors (Lipinski definition) is 2. The molecule has 21 heavy (non-hydrogen) atoms. The van der Waals surface area contributed by atoms with Gasteiger partial charge in [0.2, 0.25) is 5.91 Å². The molecule has 116 valence electrons. The summed E-state index contributed by atoms with van der Waals surface area (Å²) in [5, 5.41) is 0.607. The maximum Gasteiger partial charge on any atom is 0.235 e. The monoisotopic (exact) mass is 305 g/mol. The van der Waals surface area contributed by atoms with Crippen LogP contribution in [0, 0.1) is 5.92 Å². The van der Waals surface area contributed by atoms with Gasteiger partial charge in [-0.15, -0.1) is 11.8 Å². The molecule has 3 heteroatoms. The summed E-state index contributed by atoms with van der Waals surface area (Å²) in [5.74, 6) is 1.05. The topological polar surface area (TPSA) is 20.3 Å². The highest BCUT2D eigenvalue weighted by Gasteiger charge is 2.26. The Balaban J connectivity index is 1.79. The van der Waals surface area contributed by atoms with Crippen molar-refractivity contribution in [1.29, 1.82) is 0 Å². The summed E-state index contributed by atoms with van der Waals surface area (Å²) in [5.41, 5.74) is 1.42. The van der Waals surface area contributed by atoms with Crippen LogP contribution in [0.4, 0.5) is 0 Å². The third-order valence-electron chi connectivity index (χ3n) is 4.12. The molecular weight excluding hydrogens is 278 g/mol. The number of hydrogen-bond donors (Lipinski definition) is 0. The van der Waals surface area contributed by atoms with Crippen LogP contribution in [0.2, 0.25) is 0 Å². The molecule has 0 aliphatic carbocycles. The van der Waals surface area contributed by atoms with Crippen LogP contribution in [0.25, 0.3) is 0 Å². The minimum absolute atomic E-state index is 0.0932. The predicted octanol–water partition coefficient (Wildman–Crippen LogP) is 4.00. The highest BCUT2D eigenvalue weighted by Crippen LogP contribution is 2.25. The SMILES string of the molecule is CC(C)SC(C)C(=O)N1CCC(Cc2ccccc2)CC1. The smallest absolute Gasteiger partial charge is 0.235 e. The first-order valence-electron chi connectivity index (χ1n) is 8.04. The van der Waals surface area contributed by atoms with Crippen LogP contribution >= 0.6 is 11.8 Å². The molecule has 0 saturated carbocycles. The Morgan fingerprint density at radius 2 is 1.81 bits per heavy atom. The summed E-state index contributed by atoms with van der Waals surface area (Å²) < 4.78 is 0. The lowest BCUT2D eigenvalue weighted by Gasteiger charge is -2.33. The van der Waals surface area contributed by atoms with Crippen LogP contribution in [-0.4, -0.2) is 34.4 Å². The fraction of sp³-hybridized carbons (Fsp3) is 0.611. The summed E-state index contributed by atoms with van der Waals surface area (Å²) in [6.07, 6.45) is 3.43. The van der Waals surface area contributed by atoms with E-state index >= 15 is 0 Å². The number of carbonyl (C=O) groups excluding carboxylic acids is 1. The molecule has 1 amide bonds. The Labute approximate surface area is 133 Å². The van der Waals surface area contributed by atoms with Gasteiger partial charge in [-0.05, 0) is 42.9 Å². The van der Waals surface area contributed by atoms with Crippen molar-refractivity contribution in [3.63, 3.8) is 0 Å². The number of likely N-dealkylation sites (tertiary alicyclic amines) is 1. The first kappa shape index (κ1) is 16.4. The van der Waals surface area contributed by atoms with Gasteiger partial charge < -0.3 is 4.90 Å². The summed E-state index contributed by atoms with van der Waals surface area (Å²) in [4.78, 5) is 14.5. The molecule has 1 heterocycles. The molecule has 1 unspecified atom stereocenters. The van der Waals surface area contributed by atoms with Crippen LogP contribution in [0.15, 0.2) is 30.3 Å². The number of rotatable bonds is 5. The Bertz CT molecular complexity index is 438. The standard InChI is InChI=1S/C18H27NOS/c1-14(2)21-15(3)18(20)19-11-9-17(10-12-19)13-16-7-5-4-6-8-16/h4-8,14-15,17H,9-13H2,1-3H3. The average Bonchev–Trinajstić information content (AvgIpc) is 2.47. The van der Waals surface area contributed by atoms with Gasteiger partial charge in [-0.2, -0.15) is 0 Å². The van der Waals surface area contributed by atoms with Crippen molar-refractivity contribution >= 4 is 17.7 Å². The number of thioether (sulfide) groups is 1. The van der Waals surface area contributed by atoms with Gasteiger partial charge in [-0.1, -0.05) is 44.2 Å². The zero-order valence-electron chi connectivity index (χ0n) is 13.4. The minimum Gasteiger partial charge on any atom is -0.342 e.